The van der Waals surface area contributed by atoms with E-state index in [4.69, 9.17) is 0 Å². The van der Waals surface area contributed by atoms with E-state index < -0.39 is 11.9 Å². The highest BCUT2D eigenvalue weighted by atomic mass is 16.2. The number of carbonyl (C=O) groups excluding carboxylic acids is 4. The van der Waals surface area contributed by atoms with Gasteiger partial charge in [0.15, 0.2) is 0 Å². The molecule has 5 rings (SSSR count). The Kier molecular flexibility index (Phi) is 2.71. The Hall–Kier alpha value is -1.72. The molecule has 21 heavy (non-hydrogen) atoms. The minimum Gasteiger partial charge on any atom is -0.295 e. The molecular weight excluding hydrogens is 272 g/mol. The zero-order chi connectivity index (χ0) is 14.7. The maximum atomic E-state index is 12.7. The smallest absolute Gasteiger partial charge is 0.249 e. The third kappa shape index (κ3) is 1.71. The number of likely N-dealkylation sites (tertiary alicyclic amines) is 1. The van der Waals surface area contributed by atoms with Crippen LogP contribution in [0.15, 0.2) is 0 Å². The molecule has 0 unspecified atom stereocenters. The molecular formula is C15H18N2O4. The van der Waals surface area contributed by atoms with Crippen LogP contribution in [0, 0.1) is 23.7 Å². The van der Waals surface area contributed by atoms with Gasteiger partial charge in [-0.3, -0.25) is 29.4 Å². The molecule has 6 heteroatoms. The molecule has 6 nitrogen and oxygen atoms in total. The number of nitrogens with zero attached hydrogens (tertiary/aromatic N) is 1. The van der Waals surface area contributed by atoms with Gasteiger partial charge in [-0.25, -0.2) is 0 Å². The van der Waals surface area contributed by atoms with Crippen LogP contribution in [0.1, 0.15) is 38.5 Å². The van der Waals surface area contributed by atoms with Gasteiger partial charge in [0.1, 0.15) is 6.04 Å². The van der Waals surface area contributed by atoms with Gasteiger partial charge in [-0.2, -0.15) is 0 Å². The molecule has 3 atom stereocenters. The van der Waals surface area contributed by atoms with Crippen molar-refractivity contribution in [3.05, 3.63) is 0 Å². The van der Waals surface area contributed by atoms with Crippen LogP contribution in [-0.2, 0) is 19.2 Å². The first-order valence-corrected chi connectivity index (χ1v) is 7.78. The molecule has 0 aromatic heterocycles. The summed E-state index contributed by atoms with van der Waals surface area (Å²) in [6.45, 7) is 0. The standard InChI is InChI=1S/C15H18N2O4/c18-10-6-5-9(13(19)16-10)17-14(20)11-7-1-2-8(4-3-7)12(11)15(17)21/h7-9,11-12H,1-6H2,(H,16,18,19)/t7?,8?,9-,11+,12+/m1/s1. The summed E-state index contributed by atoms with van der Waals surface area (Å²) in [5.74, 6) is -0.995. The van der Waals surface area contributed by atoms with Gasteiger partial charge in [0.05, 0.1) is 11.8 Å². The van der Waals surface area contributed by atoms with Crippen molar-refractivity contribution in [3.8, 4) is 0 Å². The molecule has 112 valence electrons. The molecule has 3 saturated carbocycles. The lowest BCUT2D eigenvalue weighted by molar-refractivity contribution is -0.151. The summed E-state index contributed by atoms with van der Waals surface area (Å²) in [5.41, 5.74) is 0. The molecule has 4 amide bonds. The van der Waals surface area contributed by atoms with Crippen molar-refractivity contribution in [2.24, 2.45) is 23.7 Å². The highest BCUT2D eigenvalue weighted by molar-refractivity contribution is 6.11. The minimum absolute atomic E-state index is 0.172. The van der Waals surface area contributed by atoms with Crippen molar-refractivity contribution < 1.29 is 19.2 Å². The number of nitrogens with one attached hydrogen (secondary N) is 1. The topological polar surface area (TPSA) is 83.6 Å². The first-order valence-electron chi connectivity index (χ1n) is 7.78. The molecule has 0 radical (unpaired) electrons. The molecule has 3 aliphatic carbocycles. The molecule has 0 aromatic carbocycles. The number of hydrogen-bond donors (Lipinski definition) is 1. The van der Waals surface area contributed by atoms with Crippen molar-refractivity contribution in [2.45, 2.75) is 44.6 Å². The van der Waals surface area contributed by atoms with Gasteiger partial charge >= 0.3 is 0 Å². The Morgan fingerprint density at radius 1 is 0.810 bits per heavy atom. The molecule has 2 bridgehead atoms. The summed E-state index contributed by atoms with van der Waals surface area (Å²) in [5, 5.41) is 2.24. The molecule has 5 aliphatic rings. The van der Waals surface area contributed by atoms with Crippen LogP contribution in [-0.4, -0.2) is 34.6 Å². The van der Waals surface area contributed by atoms with Crippen LogP contribution in [0.3, 0.4) is 0 Å². The molecule has 2 saturated heterocycles. The first-order chi connectivity index (χ1) is 10.1. The summed E-state index contributed by atoms with van der Waals surface area (Å²) in [6, 6.07) is -0.785. The number of hydrogen-bond acceptors (Lipinski definition) is 4. The predicted molar refractivity (Wildman–Crippen MR) is 70.5 cm³/mol. The van der Waals surface area contributed by atoms with E-state index in [0.29, 0.717) is 11.8 Å². The average Bonchev–Trinajstić information content (AvgIpc) is 2.75. The Morgan fingerprint density at radius 2 is 1.33 bits per heavy atom. The number of imide groups is 2. The van der Waals surface area contributed by atoms with Crippen LogP contribution in [0.5, 0.6) is 0 Å². The Morgan fingerprint density at radius 3 is 1.81 bits per heavy atom. The normalized spacial score (nSPS) is 42.3. The third-order valence-corrected chi connectivity index (χ3v) is 5.79. The van der Waals surface area contributed by atoms with Gasteiger partial charge in [-0.1, -0.05) is 0 Å². The van der Waals surface area contributed by atoms with E-state index in [0.717, 1.165) is 25.7 Å². The first kappa shape index (κ1) is 13.0. The number of piperidine rings is 1. The van der Waals surface area contributed by atoms with Crippen LogP contribution in [0.2, 0.25) is 0 Å². The van der Waals surface area contributed by atoms with Gasteiger partial charge in [-0.15, -0.1) is 0 Å². The second-order valence-corrected chi connectivity index (χ2v) is 6.74. The predicted octanol–water partition coefficient (Wildman–Crippen LogP) is 0.213. The molecule has 0 spiro atoms. The van der Waals surface area contributed by atoms with Crippen molar-refractivity contribution in [1.29, 1.82) is 0 Å². The van der Waals surface area contributed by atoms with Crippen molar-refractivity contribution in [2.75, 3.05) is 0 Å². The maximum absolute atomic E-state index is 12.7. The lowest BCUT2D eigenvalue weighted by Crippen LogP contribution is -2.54. The summed E-state index contributed by atoms with van der Waals surface area (Å²) in [7, 11) is 0. The Bertz CT molecular complexity index is 520. The lowest BCUT2D eigenvalue weighted by Gasteiger charge is -2.42. The summed E-state index contributed by atoms with van der Waals surface area (Å²) < 4.78 is 0. The average molecular weight is 290 g/mol. The molecule has 2 heterocycles. The Labute approximate surface area is 122 Å². The fraction of sp³-hybridized carbons (Fsp3) is 0.733. The SMILES string of the molecule is O=C1CC[C@@H](N2C(=O)[C@H]3C4CCC(CC4)[C@@H]3C2=O)C(=O)N1. The van der Waals surface area contributed by atoms with Crippen LogP contribution >= 0.6 is 0 Å². The molecule has 2 aliphatic heterocycles. The third-order valence-electron chi connectivity index (χ3n) is 5.79. The van der Waals surface area contributed by atoms with Gasteiger partial charge < -0.3 is 0 Å². The largest absolute Gasteiger partial charge is 0.295 e. The summed E-state index contributed by atoms with van der Waals surface area (Å²) >= 11 is 0. The monoisotopic (exact) mass is 290 g/mol. The Balaban J connectivity index is 1.65. The number of amides is 4. The van der Waals surface area contributed by atoms with Crippen molar-refractivity contribution >= 4 is 23.6 Å². The second kappa shape index (κ2) is 4.39. The zero-order valence-electron chi connectivity index (χ0n) is 11.7. The number of carbonyl (C=O) groups is 4. The fourth-order valence-corrected chi connectivity index (χ4v) is 4.83. The van der Waals surface area contributed by atoms with E-state index >= 15 is 0 Å². The highest BCUT2D eigenvalue weighted by Crippen LogP contribution is 2.53. The number of rotatable bonds is 1. The molecule has 1 N–H and O–H groups in total. The van der Waals surface area contributed by atoms with Gasteiger partial charge in [0, 0.05) is 6.42 Å². The second-order valence-electron chi connectivity index (χ2n) is 6.74. The zero-order valence-corrected chi connectivity index (χ0v) is 11.7. The van der Waals surface area contributed by atoms with E-state index in [1.807, 2.05) is 0 Å². The highest BCUT2D eigenvalue weighted by Gasteiger charge is 2.60. The summed E-state index contributed by atoms with van der Waals surface area (Å²) in [4.78, 5) is 49.8. The van der Waals surface area contributed by atoms with Crippen LogP contribution in [0.25, 0.3) is 0 Å². The van der Waals surface area contributed by atoms with Gasteiger partial charge in [-0.05, 0) is 43.9 Å². The fourth-order valence-electron chi connectivity index (χ4n) is 4.83. The van der Waals surface area contributed by atoms with E-state index in [1.165, 1.54) is 4.90 Å². The van der Waals surface area contributed by atoms with Gasteiger partial charge in [0.2, 0.25) is 23.6 Å². The van der Waals surface area contributed by atoms with Gasteiger partial charge in [0.25, 0.3) is 0 Å². The van der Waals surface area contributed by atoms with Crippen LogP contribution in [0.4, 0.5) is 0 Å². The molecule has 5 fully saturated rings. The van der Waals surface area contributed by atoms with Crippen LogP contribution < -0.4 is 5.32 Å². The van der Waals surface area contributed by atoms with Crippen molar-refractivity contribution in [1.82, 2.24) is 10.2 Å². The maximum Gasteiger partial charge on any atom is 0.249 e. The molecule has 0 aromatic rings. The van der Waals surface area contributed by atoms with Crippen molar-refractivity contribution in [3.63, 3.8) is 0 Å². The minimum atomic E-state index is -0.785. The summed E-state index contributed by atoms with van der Waals surface area (Å²) in [6.07, 6.45) is 4.54. The van der Waals surface area contributed by atoms with E-state index in [1.54, 1.807) is 0 Å². The van der Waals surface area contributed by atoms with E-state index in [2.05, 4.69) is 5.32 Å². The lowest BCUT2D eigenvalue weighted by atomic mass is 9.59. The quantitative estimate of drug-likeness (QED) is 0.700. The van der Waals surface area contributed by atoms with E-state index in [9.17, 15) is 19.2 Å². The van der Waals surface area contributed by atoms with E-state index in [-0.39, 0.29) is 42.4 Å². The number of fused-ring (bicyclic) bond motifs is 2.